The minimum atomic E-state index is -0.154. The molecule has 0 spiro atoms. The summed E-state index contributed by atoms with van der Waals surface area (Å²) in [6.07, 6.45) is 7.54. The van der Waals surface area contributed by atoms with Crippen molar-refractivity contribution in [3.8, 4) is 0 Å². The molecule has 2 fully saturated rings. The first-order valence-electron chi connectivity index (χ1n) is 9.06. The number of benzene rings is 1. The molecule has 0 atom stereocenters. The van der Waals surface area contributed by atoms with E-state index in [0.29, 0.717) is 0 Å². The summed E-state index contributed by atoms with van der Waals surface area (Å²) in [5.74, 6) is 0.174. The molecule has 4 nitrogen and oxygen atoms in total. The Labute approximate surface area is 139 Å². The van der Waals surface area contributed by atoms with E-state index in [1.54, 1.807) is 0 Å². The van der Waals surface area contributed by atoms with Crippen molar-refractivity contribution in [2.45, 2.75) is 51.0 Å². The van der Waals surface area contributed by atoms with Crippen LogP contribution in [0.2, 0.25) is 0 Å². The van der Waals surface area contributed by atoms with Gasteiger partial charge in [0.05, 0.1) is 6.10 Å². The number of aliphatic hydroxyl groups is 1. The molecule has 1 amide bonds. The average molecular weight is 316 g/mol. The highest BCUT2D eigenvalue weighted by Gasteiger charge is 2.19. The van der Waals surface area contributed by atoms with E-state index in [9.17, 15) is 9.90 Å². The highest BCUT2D eigenvalue weighted by molar-refractivity contribution is 5.94. The molecule has 1 aromatic carbocycles. The van der Waals surface area contributed by atoms with Crippen LogP contribution in [0.5, 0.6) is 0 Å². The number of amides is 1. The first kappa shape index (κ1) is 16.3. The molecule has 1 N–H and O–H groups in total. The fourth-order valence-corrected chi connectivity index (χ4v) is 3.57. The number of likely N-dealkylation sites (tertiary alicyclic amines) is 1. The number of anilines is 1. The molecule has 23 heavy (non-hydrogen) atoms. The summed E-state index contributed by atoms with van der Waals surface area (Å²) < 4.78 is 0. The summed E-state index contributed by atoms with van der Waals surface area (Å²) in [6.45, 7) is 3.57. The number of carbonyl (C=O) groups excluding carboxylic acids is 1. The van der Waals surface area contributed by atoms with Gasteiger partial charge in [0.15, 0.2) is 0 Å². The van der Waals surface area contributed by atoms with Crippen LogP contribution in [0.3, 0.4) is 0 Å². The Hall–Kier alpha value is -1.55. The van der Waals surface area contributed by atoms with E-state index < -0.39 is 0 Å². The lowest BCUT2D eigenvalue weighted by atomic mass is 10.1. The topological polar surface area (TPSA) is 43.8 Å². The van der Waals surface area contributed by atoms with Gasteiger partial charge in [0.25, 0.3) is 5.91 Å². The molecule has 2 saturated heterocycles. The first-order valence-corrected chi connectivity index (χ1v) is 9.06. The van der Waals surface area contributed by atoms with Crippen molar-refractivity contribution in [1.29, 1.82) is 0 Å². The maximum atomic E-state index is 12.7. The zero-order chi connectivity index (χ0) is 16.1. The van der Waals surface area contributed by atoms with E-state index in [-0.39, 0.29) is 12.0 Å². The molecule has 4 heteroatoms. The number of hydrogen-bond acceptors (Lipinski definition) is 3. The van der Waals surface area contributed by atoms with Gasteiger partial charge in [0, 0.05) is 37.4 Å². The molecule has 0 aromatic heterocycles. The quantitative estimate of drug-likeness (QED) is 0.912. The van der Waals surface area contributed by atoms with E-state index in [1.165, 1.54) is 19.3 Å². The molecule has 3 rings (SSSR count). The van der Waals surface area contributed by atoms with Crippen LogP contribution in [0, 0.1) is 0 Å². The van der Waals surface area contributed by atoms with Gasteiger partial charge in [0.1, 0.15) is 0 Å². The van der Waals surface area contributed by atoms with Crippen LogP contribution < -0.4 is 4.90 Å². The minimum Gasteiger partial charge on any atom is -0.393 e. The highest BCUT2D eigenvalue weighted by Crippen LogP contribution is 2.21. The lowest BCUT2D eigenvalue weighted by Gasteiger charge is -2.31. The third-order valence-corrected chi connectivity index (χ3v) is 5.09. The van der Waals surface area contributed by atoms with E-state index in [0.717, 1.165) is 63.1 Å². The normalized spacial score (nSPS) is 20.9. The molecule has 2 heterocycles. The minimum absolute atomic E-state index is 0.154. The van der Waals surface area contributed by atoms with Crippen LogP contribution in [-0.4, -0.2) is 48.2 Å². The summed E-state index contributed by atoms with van der Waals surface area (Å²) in [5, 5.41) is 9.60. The molecule has 1 aromatic rings. The van der Waals surface area contributed by atoms with Crippen molar-refractivity contribution in [2.75, 3.05) is 31.1 Å². The highest BCUT2D eigenvalue weighted by atomic mass is 16.3. The Bertz CT molecular complexity index is 499. The number of aliphatic hydroxyl groups excluding tert-OH is 1. The zero-order valence-corrected chi connectivity index (χ0v) is 13.9. The molecule has 2 aliphatic heterocycles. The lowest BCUT2D eigenvalue weighted by molar-refractivity contribution is 0.0742. The Kier molecular flexibility index (Phi) is 5.55. The molecule has 126 valence electrons. The Morgan fingerprint density at radius 2 is 1.43 bits per heavy atom. The monoisotopic (exact) mass is 316 g/mol. The van der Waals surface area contributed by atoms with Gasteiger partial charge in [-0.15, -0.1) is 0 Å². The zero-order valence-electron chi connectivity index (χ0n) is 13.9. The standard InChI is InChI=1S/C19H28N2O2/c22-18-10-14-20(15-11-18)17-8-6-16(7-9-17)19(23)21-12-4-2-1-3-5-13-21/h6-9,18,22H,1-5,10-15H2. The van der Waals surface area contributed by atoms with Crippen LogP contribution in [0.4, 0.5) is 5.69 Å². The third kappa shape index (κ3) is 4.25. The van der Waals surface area contributed by atoms with E-state index >= 15 is 0 Å². The molecule has 0 unspecified atom stereocenters. The Morgan fingerprint density at radius 3 is 2.04 bits per heavy atom. The number of hydrogen-bond donors (Lipinski definition) is 1. The molecule has 0 bridgehead atoms. The van der Waals surface area contributed by atoms with Gasteiger partial charge in [-0.05, 0) is 49.9 Å². The van der Waals surface area contributed by atoms with E-state index in [2.05, 4.69) is 17.0 Å². The number of piperidine rings is 1. The number of rotatable bonds is 2. The van der Waals surface area contributed by atoms with Gasteiger partial charge in [-0.25, -0.2) is 0 Å². The van der Waals surface area contributed by atoms with Gasteiger partial charge in [-0.1, -0.05) is 19.3 Å². The maximum absolute atomic E-state index is 12.7. The lowest BCUT2D eigenvalue weighted by Crippen LogP contribution is -2.36. The van der Waals surface area contributed by atoms with Gasteiger partial charge in [-0.2, -0.15) is 0 Å². The van der Waals surface area contributed by atoms with Crippen molar-refractivity contribution in [2.24, 2.45) is 0 Å². The SMILES string of the molecule is O=C(c1ccc(N2CCC(O)CC2)cc1)N1CCCCCCC1. The van der Waals surface area contributed by atoms with Gasteiger partial charge >= 0.3 is 0 Å². The maximum Gasteiger partial charge on any atom is 0.253 e. The number of nitrogens with zero attached hydrogens (tertiary/aromatic N) is 2. The van der Waals surface area contributed by atoms with Crippen LogP contribution in [0.15, 0.2) is 24.3 Å². The van der Waals surface area contributed by atoms with Crippen LogP contribution in [0.25, 0.3) is 0 Å². The molecular formula is C19H28N2O2. The second-order valence-electron chi connectivity index (χ2n) is 6.83. The van der Waals surface area contributed by atoms with Gasteiger partial charge in [0.2, 0.25) is 0 Å². The average Bonchev–Trinajstić information content (AvgIpc) is 2.55. The van der Waals surface area contributed by atoms with Crippen molar-refractivity contribution in [3.63, 3.8) is 0 Å². The van der Waals surface area contributed by atoms with Crippen molar-refractivity contribution in [1.82, 2.24) is 4.90 Å². The molecule has 2 aliphatic rings. The fourth-order valence-electron chi connectivity index (χ4n) is 3.57. The fraction of sp³-hybridized carbons (Fsp3) is 0.632. The van der Waals surface area contributed by atoms with Gasteiger partial charge in [-0.3, -0.25) is 4.79 Å². The molecule has 0 saturated carbocycles. The van der Waals surface area contributed by atoms with E-state index in [4.69, 9.17) is 0 Å². The predicted molar refractivity (Wildman–Crippen MR) is 92.9 cm³/mol. The van der Waals surface area contributed by atoms with E-state index in [1.807, 2.05) is 17.0 Å². The molecule has 0 aliphatic carbocycles. The summed E-state index contributed by atoms with van der Waals surface area (Å²) in [5.41, 5.74) is 1.95. The summed E-state index contributed by atoms with van der Waals surface area (Å²) in [6, 6.07) is 8.02. The van der Waals surface area contributed by atoms with Crippen molar-refractivity contribution in [3.05, 3.63) is 29.8 Å². The summed E-state index contributed by atoms with van der Waals surface area (Å²) in [7, 11) is 0. The largest absolute Gasteiger partial charge is 0.393 e. The number of carbonyl (C=O) groups is 1. The van der Waals surface area contributed by atoms with Crippen LogP contribution >= 0.6 is 0 Å². The second-order valence-corrected chi connectivity index (χ2v) is 6.83. The third-order valence-electron chi connectivity index (χ3n) is 5.09. The van der Waals surface area contributed by atoms with Crippen LogP contribution in [-0.2, 0) is 0 Å². The smallest absolute Gasteiger partial charge is 0.253 e. The Balaban J connectivity index is 1.62. The summed E-state index contributed by atoms with van der Waals surface area (Å²) >= 11 is 0. The molecule has 0 radical (unpaired) electrons. The van der Waals surface area contributed by atoms with Crippen molar-refractivity contribution >= 4 is 11.6 Å². The predicted octanol–water partition coefficient (Wildman–Crippen LogP) is 3.05. The second kappa shape index (κ2) is 7.82. The van der Waals surface area contributed by atoms with Crippen LogP contribution in [0.1, 0.15) is 55.3 Å². The first-order chi connectivity index (χ1) is 11.2. The molecular weight excluding hydrogens is 288 g/mol. The Morgan fingerprint density at radius 1 is 0.870 bits per heavy atom. The summed E-state index contributed by atoms with van der Waals surface area (Å²) in [4.78, 5) is 17.0. The van der Waals surface area contributed by atoms with Crippen molar-refractivity contribution < 1.29 is 9.90 Å². The van der Waals surface area contributed by atoms with Gasteiger partial charge < -0.3 is 14.9 Å².